The Bertz CT molecular complexity index is 652. The van der Waals surface area contributed by atoms with Crippen molar-refractivity contribution < 1.29 is 14.5 Å². The summed E-state index contributed by atoms with van der Waals surface area (Å²) in [6.45, 7) is 0. The van der Waals surface area contributed by atoms with Gasteiger partial charge in [0.2, 0.25) is 5.71 Å². The number of nitrogens with one attached hydrogen (secondary N) is 1. The molecule has 1 N–H and O–H groups in total. The molecular formula is C11H7N5O4. The Balaban J connectivity index is 3.34. The highest BCUT2D eigenvalue weighted by molar-refractivity contribution is 6.10. The fourth-order valence-corrected chi connectivity index (χ4v) is 1.29. The number of methoxy groups -OCH3 is 1. The van der Waals surface area contributed by atoms with Crippen LogP contribution in [0.4, 0.5) is 11.4 Å². The third kappa shape index (κ3) is 3.05. The van der Waals surface area contributed by atoms with Gasteiger partial charge in [-0.15, -0.1) is 0 Å². The predicted molar refractivity (Wildman–Crippen MR) is 66.7 cm³/mol. The largest absolute Gasteiger partial charge is 0.465 e. The van der Waals surface area contributed by atoms with Crippen molar-refractivity contribution >= 4 is 23.1 Å². The summed E-state index contributed by atoms with van der Waals surface area (Å²) in [5.41, 5.74) is 0.896. The first-order chi connectivity index (χ1) is 9.54. The van der Waals surface area contributed by atoms with Gasteiger partial charge in [-0.25, -0.2) is 4.79 Å². The number of nitriles is 2. The molecule has 0 saturated heterocycles. The number of anilines is 1. The zero-order valence-electron chi connectivity index (χ0n) is 10.2. The third-order valence-electron chi connectivity index (χ3n) is 2.13. The Morgan fingerprint density at radius 2 is 2.10 bits per heavy atom. The van der Waals surface area contributed by atoms with E-state index in [0.717, 1.165) is 13.2 Å². The number of hydrogen-bond acceptors (Lipinski definition) is 8. The molecule has 1 aromatic rings. The summed E-state index contributed by atoms with van der Waals surface area (Å²) in [7, 11) is 1.07. The SMILES string of the molecule is COC(=O)c1c(NN=C(C#N)C#N)cccc1[N+](=O)[O-]. The molecule has 0 fully saturated rings. The highest BCUT2D eigenvalue weighted by atomic mass is 16.6. The molecule has 0 radical (unpaired) electrons. The Morgan fingerprint density at radius 3 is 2.60 bits per heavy atom. The zero-order chi connectivity index (χ0) is 15.1. The maximum absolute atomic E-state index is 11.6. The summed E-state index contributed by atoms with van der Waals surface area (Å²) in [6, 6.07) is 6.77. The Morgan fingerprint density at radius 1 is 1.45 bits per heavy atom. The number of nitrogens with zero attached hydrogens (tertiary/aromatic N) is 4. The summed E-state index contributed by atoms with van der Waals surface area (Å²) in [5, 5.41) is 31.4. The van der Waals surface area contributed by atoms with Crippen LogP contribution in [0.15, 0.2) is 23.3 Å². The molecule has 0 amide bonds. The molecule has 100 valence electrons. The van der Waals surface area contributed by atoms with Crippen molar-refractivity contribution in [1.82, 2.24) is 0 Å². The molecule has 1 aromatic carbocycles. The molecule has 0 aliphatic carbocycles. The first-order valence-electron chi connectivity index (χ1n) is 5.04. The van der Waals surface area contributed by atoms with Crippen molar-refractivity contribution in [1.29, 1.82) is 10.5 Å². The predicted octanol–water partition coefficient (Wildman–Crippen LogP) is 1.20. The van der Waals surface area contributed by atoms with Crippen molar-refractivity contribution in [2.45, 2.75) is 0 Å². The summed E-state index contributed by atoms with van der Waals surface area (Å²) in [5.74, 6) is -0.939. The summed E-state index contributed by atoms with van der Waals surface area (Å²) < 4.78 is 4.47. The monoisotopic (exact) mass is 273 g/mol. The van der Waals surface area contributed by atoms with Crippen molar-refractivity contribution in [3.63, 3.8) is 0 Å². The van der Waals surface area contributed by atoms with E-state index in [-0.39, 0.29) is 11.3 Å². The number of carbonyl (C=O) groups excluding carboxylic acids is 1. The number of nitro benzene ring substituents is 1. The fourth-order valence-electron chi connectivity index (χ4n) is 1.29. The lowest BCUT2D eigenvalue weighted by atomic mass is 10.1. The molecule has 0 atom stereocenters. The standard InChI is InChI=1S/C11H7N5O4/c1-20-11(17)10-8(15-14-7(5-12)6-13)3-2-4-9(10)16(18)19/h2-4,15H,1H3. The van der Waals surface area contributed by atoms with Gasteiger partial charge in [0, 0.05) is 6.07 Å². The zero-order valence-corrected chi connectivity index (χ0v) is 10.2. The Kier molecular flexibility index (Phi) is 4.72. The van der Waals surface area contributed by atoms with Gasteiger partial charge in [0.05, 0.1) is 17.7 Å². The van der Waals surface area contributed by atoms with Crippen LogP contribution in [-0.4, -0.2) is 23.7 Å². The molecule has 9 nitrogen and oxygen atoms in total. The van der Waals surface area contributed by atoms with Gasteiger partial charge in [-0.3, -0.25) is 15.5 Å². The van der Waals surface area contributed by atoms with Crippen LogP contribution >= 0.6 is 0 Å². The minimum absolute atomic E-state index is 0.0472. The highest BCUT2D eigenvalue weighted by Crippen LogP contribution is 2.27. The number of hydrazone groups is 1. The van der Waals surface area contributed by atoms with Crippen LogP contribution in [0.25, 0.3) is 0 Å². The lowest BCUT2D eigenvalue weighted by molar-refractivity contribution is -0.385. The van der Waals surface area contributed by atoms with Crippen LogP contribution in [0, 0.1) is 32.8 Å². The average molecular weight is 273 g/mol. The van der Waals surface area contributed by atoms with E-state index in [4.69, 9.17) is 10.5 Å². The van der Waals surface area contributed by atoms with E-state index < -0.39 is 22.3 Å². The van der Waals surface area contributed by atoms with Crippen LogP contribution in [0.3, 0.4) is 0 Å². The van der Waals surface area contributed by atoms with Crippen molar-refractivity contribution in [2.24, 2.45) is 5.10 Å². The second-order valence-electron chi connectivity index (χ2n) is 3.24. The lowest BCUT2D eigenvalue weighted by Crippen LogP contribution is -2.09. The van der Waals surface area contributed by atoms with Crippen LogP contribution in [0.2, 0.25) is 0 Å². The number of benzene rings is 1. The molecule has 0 spiro atoms. The number of rotatable bonds is 4. The van der Waals surface area contributed by atoms with E-state index in [0.29, 0.717) is 0 Å². The van der Waals surface area contributed by atoms with Crippen molar-refractivity contribution in [3.8, 4) is 12.1 Å². The maximum Gasteiger partial charge on any atom is 0.347 e. The molecule has 0 unspecified atom stereocenters. The van der Waals surface area contributed by atoms with Gasteiger partial charge in [-0.05, 0) is 6.07 Å². The van der Waals surface area contributed by atoms with Crippen LogP contribution in [0.1, 0.15) is 10.4 Å². The second kappa shape index (κ2) is 6.47. The molecule has 0 aliphatic rings. The van der Waals surface area contributed by atoms with Gasteiger partial charge in [0.15, 0.2) is 5.56 Å². The molecule has 0 bridgehead atoms. The second-order valence-corrected chi connectivity index (χ2v) is 3.24. The fraction of sp³-hybridized carbons (Fsp3) is 0.0909. The van der Waals surface area contributed by atoms with Gasteiger partial charge >= 0.3 is 5.97 Å². The van der Waals surface area contributed by atoms with E-state index in [1.54, 1.807) is 0 Å². The van der Waals surface area contributed by atoms with E-state index >= 15 is 0 Å². The molecule has 0 aliphatic heterocycles. The van der Waals surface area contributed by atoms with Gasteiger partial charge < -0.3 is 4.74 Å². The molecule has 1 rings (SSSR count). The number of nitro groups is 1. The van der Waals surface area contributed by atoms with Crippen molar-refractivity contribution in [2.75, 3.05) is 12.5 Å². The molecule has 20 heavy (non-hydrogen) atoms. The van der Waals surface area contributed by atoms with Gasteiger partial charge in [0.1, 0.15) is 12.1 Å². The maximum atomic E-state index is 11.6. The lowest BCUT2D eigenvalue weighted by Gasteiger charge is -2.07. The van der Waals surface area contributed by atoms with E-state index in [1.807, 2.05) is 0 Å². The molecule has 9 heteroatoms. The minimum Gasteiger partial charge on any atom is -0.465 e. The topological polar surface area (TPSA) is 141 Å². The first kappa shape index (κ1) is 14.6. The van der Waals surface area contributed by atoms with Crippen LogP contribution in [-0.2, 0) is 4.74 Å². The van der Waals surface area contributed by atoms with Crippen LogP contribution in [0.5, 0.6) is 0 Å². The van der Waals surface area contributed by atoms with E-state index in [2.05, 4.69) is 15.3 Å². The van der Waals surface area contributed by atoms with Gasteiger partial charge in [-0.1, -0.05) is 6.07 Å². The molecule has 0 aromatic heterocycles. The minimum atomic E-state index is -0.939. The summed E-state index contributed by atoms with van der Waals surface area (Å²) in [6.07, 6.45) is 0. The molecule has 0 heterocycles. The average Bonchev–Trinajstić information content (AvgIpc) is 2.47. The number of hydrogen-bond donors (Lipinski definition) is 1. The Labute approximate surface area is 112 Å². The number of carbonyl (C=O) groups is 1. The molecular weight excluding hydrogens is 266 g/mol. The number of ether oxygens (including phenoxy) is 1. The summed E-state index contributed by atoms with van der Waals surface area (Å²) >= 11 is 0. The van der Waals surface area contributed by atoms with Crippen molar-refractivity contribution in [3.05, 3.63) is 33.9 Å². The van der Waals surface area contributed by atoms with Gasteiger partial charge in [0.25, 0.3) is 5.69 Å². The Hall–Kier alpha value is -3.46. The third-order valence-corrected chi connectivity index (χ3v) is 2.13. The number of esters is 1. The molecule has 0 saturated carbocycles. The van der Waals surface area contributed by atoms with Crippen LogP contribution < -0.4 is 5.43 Å². The van der Waals surface area contributed by atoms with E-state index in [1.165, 1.54) is 24.3 Å². The van der Waals surface area contributed by atoms with Gasteiger partial charge in [-0.2, -0.15) is 15.6 Å². The highest BCUT2D eigenvalue weighted by Gasteiger charge is 2.24. The smallest absolute Gasteiger partial charge is 0.347 e. The quantitative estimate of drug-likeness (QED) is 0.375. The first-order valence-corrected chi connectivity index (χ1v) is 5.04. The van der Waals surface area contributed by atoms with E-state index in [9.17, 15) is 14.9 Å². The normalized spacial score (nSPS) is 8.75. The summed E-state index contributed by atoms with van der Waals surface area (Å²) in [4.78, 5) is 21.7.